The van der Waals surface area contributed by atoms with Crippen LogP contribution >= 0.6 is 0 Å². The van der Waals surface area contributed by atoms with Crippen LogP contribution in [0, 0.1) is 0 Å². The molecule has 2 rings (SSSR count). The molecule has 1 unspecified atom stereocenters. The molecule has 3 N–H and O–H groups in total. The first-order valence-corrected chi connectivity index (χ1v) is 8.49. The van der Waals surface area contributed by atoms with Crippen molar-refractivity contribution in [3.8, 4) is 5.75 Å². The third kappa shape index (κ3) is 5.08. The summed E-state index contributed by atoms with van der Waals surface area (Å²) < 4.78 is 29.1. The van der Waals surface area contributed by atoms with Crippen molar-refractivity contribution in [1.82, 2.24) is 0 Å². The van der Waals surface area contributed by atoms with E-state index in [0.29, 0.717) is 5.69 Å². The Morgan fingerprint density at radius 3 is 2.17 bits per heavy atom. The Bertz CT molecular complexity index is 759. The van der Waals surface area contributed by atoms with E-state index in [1.807, 2.05) is 0 Å². The smallest absolute Gasteiger partial charge is 0.311 e. The van der Waals surface area contributed by atoms with Gasteiger partial charge in [0, 0.05) is 5.69 Å². The van der Waals surface area contributed by atoms with E-state index in [9.17, 15) is 13.2 Å². The van der Waals surface area contributed by atoms with Crippen LogP contribution in [-0.2, 0) is 14.9 Å². The van der Waals surface area contributed by atoms with Crippen LogP contribution in [0.25, 0.3) is 0 Å². The summed E-state index contributed by atoms with van der Waals surface area (Å²) in [5.74, 6) is -1.08. The van der Waals surface area contributed by atoms with Crippen molar-refractivity contribution in [2.45, 2.75) is 12.5 Å². The first kappa shape index (κ1) is 17.0. The highest BCUT2D eigenvalue weighted by Crippen LogP contribution is 2.16. The molecule has 7 heteroatoms. The molecule has 0 radical (unpaired) electrons. The molecule has 0 spiro atoms. The molecule has 0 aliphatic carbocycles. The minimum absolute atomic E-state index is 0.173. The van der Waals surface area contributed by atoms with Crippen LogP contribution in [-0.4, -0.2) is 25.6 Å². The maximum atomic E-state index is 12.2. The highest BCUT2D eigenvalue weighted by Gasteiger charge is 2.35. The summed E-state index contributed by atoms with van der Waals surface area (Å²) in [6.07, 6.45) is 0. The first-order valence-electron chi connectivity index (χ1n) is 6.91. The summed E-state index contributed by atoms with van der Waals surface area (Å²) in [5.41, 5.74) is 4.78. The molecule has 0 bridgehead atoms. The SMILES string of the molecule is CC(N)(CS(=O)(=O)Oc1ccccc1)C(=O)Nc1ccccc1. The Morgan fingerprint density at radius 1 is 1.09 bits per heavy atom. The van der Waals surface area contributed by atoms with E-state index in [2.05, 4.69) is 5.32 Å². The zero-order valence-corrected chi connectivity index (χ0v) is 13.4. The second-order valence-corrected chi connectivity index (χ2v) is 6.91. The van der Waals surface area contributed by atoms with Crippen molar-refractivity contribution in [2.75, 3.05) is 11.1 Å². The molecule has 0 aliphatic rings. The largest absolute Gasteiger partial charge is 0.382 e. The number of hydrogen-bond acceptors (Lipinski definition) is 5. The van der Waals surface area contributed by atoms with Crippen molar-refractivity contribution in [2.24, 2.45) is 5.73 Å². The van der Waals surface area contributed by atoms with Crippen LogP contribution in [0.15, 0.2) is 60.7 Å². The number of hydrogen-bond donors (Lipinski definition) is 2. The molecule has 2 aromatic carbocycles. The van der Waals surface area contributed by atoms with Crippen LogP contribution in [0.2, 0.25) is 0 Å². The van der Waals surface area contributed by atoms with E-state index in [1.165, 1.54) is 19.1 Å². The van der Waals surface area contributed by atoms with Crippen molar-refractivity contribution in [1.29, 1.82) is 0 Å². The summed E-state index contributed by atoms with van der Waals surface area (Å²) in [6, 6.07) is 16.7. The highest BCUT2D eigenvalue weighted by atomic mass is 32.2. The van der Waals surface area contributed by atoms with Crippen LogP contribution < -0.4 is 15.2 Å². The number of carbonyl (C=O) groups excluding carboxylic acids is 1. The summed E-state index contributed by atoms with van der Waals surface area (Å²) in [4.78, 5) is 12.2. The van der Waals surface area contributed by atoms with Gasteiger partial charge in [0.05, 0.1) is 0 Å². The monoisotopic (exact) mass is 334 g/mol. The highest BCUT2D eigenvalue weighted by molar-refractivity contribution is 7.87. The van der Waals surface area contributed by atoms with E-state index in [1.54, 1.807) is 48.5 Å². The van der Waals surface area contributed by atoms with E-state index in [0.717, 1.165) is 0 Å². The van der Waals surface area contributed by atoms with E-state index >= 15 is 0 Å². The van der Waals surface area contributed by atoms with Crippen LogP contribution in [0.1, 0.15) is 6.92 Å². The average molecular weight is 334 g/mol. The summed E-state index contributed by atoms with van der Waals surface area (Å²) in [7, 11) is -4.02. The third-order valence-electron chi connectivity index (χ3n) is 2.99. The van der Waals surface area contributed by atoms with E-state index in [4.69, 9.17) is 9.92 Å². The van der Waals surface area contributed by atoms with E-state index < -0.39 is 27.3 Å². The summed E-state index contributed by atoms with van der Waals surface area (Å²) in [6.45, 7) is 1.34. The predicted molar refractivity (Wildman–Crippen MR) is 88.5 cm³/mol. The normalized spacial score (nSPS) is 13.8. The lowest BCUT2D eigenvalue weighted by atomic mass is 10.1. The molecule has 0 aliphatic heterocycles. The van der Waals surface area contributed by atoms with Gasteiger partial charge in [0.1, 0.15) is 17.0 Å². The van der Waals surface area contributed by atoms with Crippen molar-refractivity contribution < 1.29 is 17.4 Å². The molecule has 0 saturated heterocycles. The number of rotatable bonds is 6. The lowest BCUT2D eigenvalue weighted by molar-refractivity contribution is -0.120. The molecule has 122 valence electrons. The Morgan fingerprint density at radius 2 is 1.61 bits per heavy atom. The fourth-order valence-electron chi connectivity index (χ4n) is 1.88. The molecule has 0 saturated carbocycles. The molecule has 2 aromatic rings. The number of anilines is 1. The second kappa shape index (κ2) is 6.80. The Kier molecular flexibility index (Phi) is 5.02. The Labute approximate surface area is 135 Å². The number of nitrogens with two attached hydrogens (primary N) is 1. The van der Waals surface area contributed by atoms with Gasteiger partial charge in [-0.2, -0.15) is 8.42 Å². The molecular weight excluding hydrogens is 316 g/mol. The van der Waals surface area contributed by atoms with Gasteiger partial charge < -0.3 is 15.2 Å². The number of benzene rings is 2. The van der Waals surface area contributed by atoms with Crippen LogP contribution in [0.4, 0.5) is 5.69 Å². The maximum Gasteiger partial charge on any atom is 0.311 e. The van der Waals surface area contributed by atoms with Gasteiger partial charge in [0.15, 0.2) is 0 Å². The third-order valence-corrected chi connectivity index (χ3v) is 4.39. The predicted octanol–water partition coefficient (Wildman–Crippen LogP) is 1.75. The van der Waals surface area contributed by atoms with Gasteiger partial charge in [-0.05, 0) is 31.2 Å². The lowest BCUT2D eigenvalue weighted by Crippen LogP contribution is -2.54. The van der Waals surface area contributed by atoms with Gasteiger partial charge in [-0.15, -0.1) is 0 Å². The van der Waals surface area contributed by atoms with Crippen molar-refractivity contribution in [3.63, 3.8) is 0 Å². The van der Waals surface area contributed by atoms with Crippen LogP contribution in [0.5, 0.6) is 5.75 Å². The van der Waals surface area contributed by atoms with Gasteiger partial charge in [-0.1, -0.05) is 36.4 Å². The first-order chi connectivity index (χ1) is 10.8. The number of carbonyl (C=O) groups is 1. The molecule has 1 amide bonds. The van der Waals surface area contributed by atoms with Gasteiger partial charge >= 0.3 is 10.1 Å². The van der Waals surface area contributed by atoms with Gasteiger partial charge in [-0.25, -0.2) is 0 Å². The number of nitrogens with one attached hydrogen (secondary N) is 1. The lowest BCUT2D eigenvalue weighted by Gasteiger charge is -2.23. The zero-order valence-electron chi connectivity index (χ0n) is 12.6. The quantitative estimate of drug-likeness (QED) is 0.784. The molecule has 1 atom stereocenters. The van der Waals surface area contributed by atoms with Crippen molar-refractivity contribution >= 4 is 21.7 Å². The van der Waals surface area contributed by atoms with Gasteiger partial charge in [0.25, 0.3) is 0 Å². The molecule has 0 aromatic heterocycles. The van der Waals surface area contributed by atoms with E-state index in [-0.39, 0.29) is 5.75 Å². The summed E-state index contributed by atoms with van der Waals surface area (Å²) in [5, 5.41) is 2.58. The molecule has 6 nitrogen and oxygen atoms in total. The molecule has 23 heavy (non-hydrogen) atoms. The minimum atomic E-state index is -4.02. The average Bonchev–Trinajstić information content (AvgIpc) is 2.47. The zero-order chi connectivity index (χ0) is 16.9. The van der Waals surface area contributed by atoms with Crippen molar-refractivity contribution in [3.05, 3.63) is 60.7 Å². The Balaban J connectivity index is 2.05. The van der Waals surface area contributed by atoms with Gasteiger partial charge in [0.2, 0.25) is 5.91 Å². The van der Waals surface area contributed by atoms with Crippen LogP contribution in [0.3, 0.4) is 0 Å². The fraction of sp³-hybridized carbons (Fsp3) is 0.188. The number of para-hydroxylation sites is 2. The molecule has 0 fully saturated rings. The number of amides is 1. The maximum absolute atomic E-state index is 12.2. The van der Waals surface area contributed by atoms with Gasteiger partial charge in [-0.3, -0.25) is 4.79 Å². The molecular formula is C16H18N2O4S. The minimum Gasteiger partial charge on any atom is -0.382 e. The summed E-state index contributed by atoms with van der Waals surface area (Å²) >= 11 is 0. The molecule has 0 heterocycles. The fourth-order valence-corrected chi connectivity index (χ4v) is 3.21. The standard InChI is InChI=1S/C16H18N2O4S/c1-16(17,15(19)18-13-8-4-2-5-9-13)12-23(20,21)22-14-10-6-3-7-11-14/h2-11H,12,17H2,1H3,(H,18,19). The topological polar surface area (TPSA) is 98.5 Å². The Hall–Kier alpha value is -2.38. The second-order valence-electron chi connectivity index (χ2n) is 5.34.